The lowest BCUT2D eigenvalue weighted by Crippen LogP contribution is -2.09. The molecule has 4 nitrogen and oxygen atoms in total. The molecular weight excluding hydrogens is 354 g/mol. The van der Waals surface area contributed by atoms with Gasteiger partial charge in [-0.2, -0.15) is 0 Å². The second-order valence-corrected chi connectivity index (χ2v) is 5.90. The minimum Gasteiger partial charge on any atom is -0.370 e. The van der Waals surface area contributed by atoms with Gasteiger partial charge >= 0.3 is 0 Å². The Balaban J connectivity index is 2.37. The number of anilines is 1. The Bertz CT molecular complexity index is 663. The highest BCUT2D eigenvalue weighted by atomic mass is 79.9. The third-order valence-corrected chi connectivity index (χ3v) is 4.52. The van der Waals surface area contributed by atoms with Crippen LogP contribution in [0.3, 0.4) is 0 Å². The molecule has 2 rings (SSSR count). The summed E-state index contributed by atoms with van der Waals surface area (Å²) in [6.45, 7) is 1.71. The SMILES string of the molecule is CC(Nc1c([N+](=O)[O-])ccc(F)c1F)c1cc(Br)cs1. The second-order valence-electron chi connectivity index (χ2n) is 4.05. The molecule has 0 saturated carbocycles. The largest absolute Gasteiger partial charge is 0.370 e. The summed E-state index contributed by atoms with van der Waals surface area (Å²) in [4.78, 5) is 11.0. The number of nitrogens with one attached hydrogen (secondary N) is 1. The van der Waals surface area contributed by atoms with E-state index in [-0.39, 0.29) is 6.04 Å². The smallest absolute Gasteiger partial charge is 0.295 e. The van der Waals surface area contributed by atoms with Gasteiger partial charge in [0.05, 0.1) is 11.0 Å². The molecule has 0 aliphatic heterocycles. The van der Waals surface area contributed by atoms with Gasteiger partial charge in [0.2, 0.25) is 0 Å². The molecule has 1 heterocycles. The highest BCUT2D eigenvalue weighted by molar-refractivity contribution is 9.10. The van der Waals surface area contributed by atoms with E-state index in [1.165, 1.54) is 11.3 Å². The van der Waals surface area contributed by atoms with Gasteiger partial charge in [0.15, 0.2) is 17.3 Å². The molecule has 0 saturated heterocycles. The fraction of sp³-hybridized carbons (Fsp3) is 0.167. The first-order chi connectivity index (χ1) is 9.40. The molecule has 20 heavy (non-hydrogen) atoms. The first kappa shape index (κ1) is 14.9. The highest BCUT2D eigenvalue weighted by Gasteiger charge is 2.23. The summed E-state index contributed by atoms with van der Waals surface area (Å²) in [6.07, 6.45) is 0. The van der Waals surface area contributed by atoms with Gasteiger partial charge in [0.1, 0.15) is 0 Å². The number of halogens is 3. The second kappa shape index (κ2) is 5.84. The lowest BCUT2D eigenvalue weighted by atomic mass is 10.2. The third-order valence-electron chi connectivity index (χ3n) is 2.64. The first-order valence-corrected chi connectivity index (χ1v) is 7.20. The van der Waals surface area contributed by atoms with Crippen molar-refractivity contribution in [3.63, 3.8) is 0 Å². The summed E-state index contributed by atoms with van der Waals surface area (Å²) < 4.78 is 27.9. The maximum absolute atomic E-state index is 13.8. The Morgan fingerprint density at radius 1 is 1.45 bits per heavy atom. The molecular formula is C12H9BrF2N2O2S. The van der Waals surface area contributed by atoms with Gasteiger partial charge in [-0.3, -0.25) is 10.1 Å². The van der Waals surface area contributed by atoms with Crippen molar-refractivity contribution in [1.82, 2.24) is 0 Å². The Kier molecular flexibility index (Phi) is 4.34. The summed E-state index contributed by atoms with van der Waals surface area (Å²) >= 11 is 4.70. The highest BCUT2D eigenvalue weighted by Crippen LogP contribution is 2.34. The van der Waals surface area contributed by atoms with Crippen LogP contribution in [0.25, 0.3) is 0 Å². The summed E-state index contributed by atoms with van der Waals surface area (Å²) in [5.41, 5.74) is -0.932. The van der Waals surface area contributed by atoms with Crippen LogP contribution >= 0.6 is 27.3 Å². The fourth-order valence-corrected chi connectivity index (χ4v) is 3.13. The molecule has 0 bridgehead atoms. The Hall–Kier alpha value is -1.54. The minimum absolute atomic E-state index is 0.388. The molecule has 0 fully saturated rings. The number of nitrogens with zero attached hydrogens (tertiary/aromatic N) is 1. The van der Waals surface area contributed by atoms with E-state index in [0.717, 1.165) is 21.5 Å². The lowest BCUT2D eigenvalue weighted by molar-refractivity contribution is -0.384. The normalized spacial score (nSPS) is 12.2. The van der Waals surface area contributed by atoms with Crippen molar-refractivity contribution in [2.45, 2.75) is 13.0 Å². The molecule has 1 aromatic carbocycles. The monoisotopic (exact) mass is 362 g/mol. The topological polar surface area (TPSA) is 55.2 Å². The van der Waals surface area contributed by atoms with Gasteiger partial charge < -0.3 is 5.32 Å². The molecule has 0 radical (unpaired) electrons. The zero-order valence-corrected chi connectivity index (χ0v) is 12.6. The van der Waals surface area contributed by atoms with Crippen molar-refractivity contribution in [2.75, 3.05) is 5.32 Å². The van der Waals surface area contributed by atoms with Crippen LogP contribution in [-0.2, 0) is 0 Å². The molecule has 0 aliphatic carbocycles. The van der Waals surface area contributed by atoms with Crippen LogP contribution in [0.5, 0.6) is 0 Å². The predicted molar refractivity (Wildman–Crippen MR) is 77.1 cm³/mol. The average Bonchev–Trinajstić information content (AvgIpc) is 2.81. The molecule has 1 N–H and O–H groups in total. The van der Waals surface area contributed by atoms with Crippen molar-refractivity contribution in [3.8, 4) is 0 Å². The van der Waals surface area contributed by atoms with E-state index in [1.54, 1.807) is 6.92 Å². The van der Waals surface area contributed by atoms with Crippen LogP contribution in [-0.4, -0.2) is 4.92 Å². The van der Waals surface area contributed by atoms with Gasteiger partial charge in [0.25, 0.3) is 5.69 Å². The summed E-state index contributed by atoms with van der Waals surface area (Å²) in [5.74, 6) is -2.38. The molecule has 1 unspecified atom stereocenters. The van der Waals surface area contributed by atoms with E-state index < -0.39 is 27.9 Å². The third kappa shape index (κ3) is 2.96. The molecule has 106 valence electrons. The molecule has 1 atom stereocenters. The molecule has 0 spiro atoms. The number of nitro groups is 1. The summed E-state index contributed by atoms with van der Waals surface area (Å²) in [6, 6.07) is 3.11. The van der Waals surface area contributed by atoms with Crippen LogP contribution in [0, 0.1) is 21.7 Å². The standard InChI is InChI=1S/C12H9BrF2N2O2S/c1-6(10-4-7(13)5-20-10)16-12-9(17(18)19)3-2-8(14)11(12)15/h2-6,16H,1H3. The molecule has 1 aromatic heterocycles. The van der Waals surface area contributed by atoms with E-state index in [4.69, 9.17) is 0 Å². The minimum atomic E-state index is -1.25. The van der Waals surface area contributed by atoms with E-state index in [0.29, 0.717) is 0 Å². The number of benzene rings is 1. The van der Waals surface area contributed by atoms with Crippen LogP contribution < -0.4 is 5.32 Å². The zero-order valence-electron chi connectivity index (χ0n) is 10.2. The number of hydrogen-bond donors (Lipinski definition) is 1. The number of thiophene rings is 1. The summed E-state index contributed by atoms with van der Waals surface area (Å²) in [7, 11) is 0. The van der Waals surface area contributed by atoms with Crippen molar-refractivity contribution < 1.29 is 13.7 Å². The number of rotatable bonds is 4. The average molecular weight is 363 g/mol. The Morgan fingerprint density at radius 3 is 2.70 bits per heavy atom. The van der Waals surface area contributed by atoms with E-state index in [1.807, 2.05) is 11.4 Å². The predicted octanol–water partition coefficient (Wildman–Crippen LogP) is 4.87. The van der Waals surface area contributed by atoms with Crippen molar-refractivity contribution in [1.29, 1.82) is 0 Å². The lowest BCUT2D eigenvalue weighted by Gasteiger charge is -2.14. The maximum atomic E-state index is 13.8. The molecule has 0 amide bonds. The van der Waals surface area contributed by atoms with Crippen LogP contribution in [0.1, 0.15) is 17.8 Å². The van der Waals surface area contributed by atoms with E-state index >= 15 is 0 Å². The maximum Gasteiger partial charge on any atom is 0.295 e. The van der Waals surface area contributed by atoms with Crippen LogP contribution in [0.2, 0.25) is 0 Å². The van der Waals surface area contributed by atoms with Crippen LogP contribution in [0.15, 0.2) is 28.1 Å². The van der Waals surface area contributed by atoms with Gasteiger partial charge in [-0.25, -0.2) is 8.78 Å². The Labute approximate surface area is 125 Å². The quantitative estimate of drug-likeness (QED) is 0.623. The van der Waals surface area contributed by atoms with Crippen molar-refractivity contribution >= 4 is 38.6 Å². The fourth-order valence-electron chi connectivity index (χ4n) is 1.67. The van der Waals surface area contributed by atoms with E-state index in [9.17, 15) is 18.9 Å². The van der Waals surface area contributed by atoms with Gasteiger partial charge in [-0.05, 0) is 35.0 Å². The van der Waals surface area contributed by atoms with Crippen LogP contribution in [0.4, 0.5) is 20.2 Å². The van der Waals surface area contributed by atoms with Gasteiger partial charge in [-0.15, -0.1) is 11.3 Å². The van der Waals surface area contributed by atoms with Crippen molar-refractivity contribution in [3.05, 3.63) is 54.7 Å². The first-order valence-electron chi connectivity index (χ1n) is 5.53. The van der Waals surface area contributed by atoms with E-state index in [2.05, 4.69) is 21.2 Å². The Morgan fingerprint density at radius 2 is 2.15 bits per heavy atom. The molecule has 0 aliphatic rings. The van der Waals surface area contributed by atoms with Crippen molar-refractivity contribution in [2.24, 2.45) is 0 Å². The number of hydrogen-bond acceptors (Lipinski definition) is 4. The van der Waals surface area contributed by atoms with Gasteiger partial charge in [-0.1, -0.05) is 0 Å². The summed E-state index contributed by atoms with van der Waals surface area (Å²) in [5, 5.41) is 15.4. The zero-order chi connectivity index (χ0) is 14.9. The van der Waals surface area contributed by atoms with Gasteiger partial charge in [0, 0.05) is 20.8 Å². The molecule has 2 aromatic rings. The molecule has 8 heteroatoms. The number of nitro benzene ring substituents is 1.